The standard InChI is InChI=1S/C21H18N2O6/c1-11-2-4-14(5-3-11)28-15-9-12(8-13(10-15)23(26)27)22-20(24)18-16-6-7-17(29-16)19(18)21(22)25/h2-5,8-10,16-19H,6-7H2,1H3/t16-,17-,18-,19-/m1/s1. The molecule has 5 rings (SSSR count). The van der Waals surface area contributed by atoms with Crippen LogP contribution in [0.1, 0.15) is 18.4 Å². The first-order valence-corrected chi connectivity index (χ1v) is 9.49. The molecule has 0 N–H and O–H groups in total. The van der Waals surface area contributed by atoms with Crippen molar-refractivity contribution in [3.8, 4) is 11.5 Å². The molecule has 2 amide bonds. The maximum atomic E-state index is 13.0. The molecule has 3 fully saturated rings. The molecule has 3 heterocycles. The van der Waals surface area contributed by atoms with E-state index in [0.29, 0.717) is 5.75 Å². The number of nitro groups is 1. The number of anilines is 1. The highest BCUT2D eigenvalue weighted by atomic mass is 16.6. The fourth-order valence-electron chi connectivity index (χ4n) is 4.57. The molecule has 8 heteroatoms. The molecule has 0 spiro atoms. The van der Waals surface area contributed by atoms with E-state index in [4.69, 9.17) is 9.47 Å². The maximum absolute atomic E-state index is 13.0. The monoisotopic (exact) mass is 394 g/mol. The summed E-state index contributed by atoms with van der Waals surface area (Å²) in [6.07, 6.45) is 1.03. The number of hydrogen-bond donors (Lipinski definition) is 0. The molecule has 0 saturated carbocycles. The fourth-order valence-corrected chi connectivity index (χ4v) is 4.57. The van der Waals surface area contributed by atoms with Gasteiger partial charge in [0.1, 0.15) is 11.5 Å². The topological polar surface area (TPSA) is 99.0 Å². The Morgan fingerprint density at radius 3 is 2.21 bits per heavy atom. The van der Waals surface area contributed by atoms with Crippen LogP contribution in [0.5, 0.6) is 11.5 Å². The van der Waals surface area contributed by atoms with E-state index in [1.165, 1.54) is 18.2 Å². The van der Waals surface area contributed by atoms with E-state index in [9.17, 15) is 19.7 Å². The number of fused-ring (bicyclic) bond motifs is 5. The summed E-state index contributed by atoms with van der Waals surface area (Å²) in [6.45, 7) is 1.94. The van der Waals surface area contributed by atoms with Crippen LogP contribution < -0.4 is 9.64 Å². The Labute approximate surface area is 166 Å². The van der Waals surface area contributed by atoms with Gasteiger partial charge in [-0.25, -0.2) is 4.90 Å². The van der Waals surface area contributed by atoms with E-state index < -0.39 is 16.8 Å². The first-order valence-electron chi connectivity index (χ1n) is 9.49. The zero-order chi connectivity index (χ0) is 20.3. The van der Waals surface area contributed by atoms with Gasteiger partial charge in [0.05, 0.1) is 40.7 Å². The first-order chi connectivity index (χ1) is 13.9. The van der Waals surface area contributed by atoms with Crippen LogP contribution in [0.4, 0.5) is 11.4 Å². The number of ether oxygens (including phenoxy) is 2. The largest absolute Gasteiger partial charge is 0.457 e. The van der Waals surface area contributed by atoms with Crippen molar-refractivity contribution in [2.45, 2.75) is 32.0 Å². The van der Waals surface area contributed by atoms with Crippen molar-refractivity contribution in [1.29, 1.82) is 0 Å². The highest BCUT2D eigenvalue weighted by Gasteiger charge is 2.62. The van der Waals surface area contributed by atoms with Crippen molar-refractivity contribution < 1.29 is 24.0 Å². The number of rotatable bonds is 4. The number of nitro benzene ring substituents is 1. The average Bonchev–Trinajstić information content (AvgIpc) is 3.37. The molecule has 0 radical (unpaired) electrons. The second-order valence-corrected chi connectivity index (χ2v) is 7.71. The molecule has 4 atom stereocenters. The molecule has 8 nitrogen and oxygen atoms in total. The van der Waals surface area contributed by atoms with Crippen LogP contribution in [-0.4, -0.2) is 28.9 Å². The second kappa shape index (κ2) is 6.38. The van der Waals surface area contributed by atoms with Gasteiger partial charge in [0.2, 0.25) is 11.8 Å². The summed E-state index contributed by atoms with van der Waals surface area (Å²) < 4.78 is 11.5. The van der Waals surface area contributed by atoms with E-state index in [1.54, 1.807) is 12.1 Å². The van der Waals surface area contributed by atoms with Crippen LogP contribution in [0.15, 0.2) is 42.5 Å². The molecule has 3 aliphatic rings. The minimum absolute atomic E-state index is 0.158. The Balaban J connectivity index is 1.52. The smallest absolute Gasteiger partial charge is 0.275 e. The van der Waals surface area contributed by atoms with E-state index in [1.807, 2.05) is 19.1 Å². The van der Waals surface area contributed by atoms with Crippen LogP contribution in [0.3, 0.4) is 0 Å². The summed E-state index contributed by atoms with van der Waals surface area (Å²) in [5.74, 6) is -1.01. The molecule has 0 unspecified atom stereocenters. The van der Waals surface area contributed by atoms with Gasteiger partial charge in [-0.1, -0.05) is 17.7 Å². The summed E-state index contributed by atoms with van der Waals surface area (Å²) in [5.41, 5.74) is 0.959. The molecule has 3 aliphatic heterocycles. The lowest BCUT2D eigenvalue weighted by Gasteiger charge is -2.18. The van der Waals surface area contributed by atoms with Gasteiger partial charge < -0.3 is 9.47 Å². The van der Waals surface area contributed by atoms with Crippen molar-refractivity contribution in [2.75, 3.05) is 4.90 Å². The molecule has 2 aromatic carbocycles. The van der Waals surface area contributed by atoms with Crippen LogP contribution in [0.25, 0.3) is 0 Å². The highest BCUT2D eigenvalue weighted by Crippen LogP contribution is 2.50. The zero-order valence-electron chi connectivity index (χ0n) is 15.6. The van der Waals surface area contributed by atoms with Gasteiger partial charge in [0.25, 0.3) is 5.69 Å². The summed E-state index contributed by atoms with van der Waals surface area (Å²) in [7, 11) is 0. The number of nitrogens with zero attached hydrogens (tertiary/aromatic N) is 2. The SMILES string of the molecule is Cc1ccc(Oc2cc(N3C(=O)[C@H]4[C@H](C3=O)[C@H]3CC[C@H]4O3)cc([N+](=O)[O-])c2)cc1. The molecule has 29 heavy (non-hydrogen) atoms. The van der Waals surface area contributed by atoms with Crippen LogP contribution in [0, 0.1) is 28.9 Å². The predicted molar refractivity (Wildman–Crippen MR) is 102 cm³/mol. The number of hydrogen-bond acceptors (Lipinski definition) is 6. The van der Waals surface area contributed by atoms with E-state index in [2.05, 4.69) is 0 Å². The van der Waals surface area contributed by atoms with Crippen molar-refractivity contribution in [1.82, 2.24) is 0 Å². The molecular weight excluding hydrogens is 376 g/mol. The van der Waals surface area contributed by atoms with Crippen molar-refractivity contribution in [3.63, 3.8) is 0 Å². The normalized spacial score (nSPS) is 27.4. The lowest BCUT2D eigenvalue weighted by molar-refractivity contribution is -0.384. The first kappa shape index (κ1) is 17.8. The van der Waals surface area contributed by atoms with Gasteiger partial charge in [-0.3, -0.25) is 19.7 Å². The van der Waals surface area contributed by atoms with Gasteiger partial charge in [-0.2, -0.15) is 0 Å². The van der Waals surface area contributed by atoms with Gasteiger partial charge >= 0.3 is 0 Å². The lowest BCUT2D eigenvalue weighted by atomic mass is 9.81. The maximum Gasteiger partial charge on any atom is 0.275 e. The summed E-state index contributed by atoms with van der Waals surface area (Å²) in [6, 6.07) is 11.2. The summed E-state index contributed by atoms with van der Waals surface area (Å²) >= 11 is 0. The third-order valence-electron chi connectivity index (χ3n) is 5.89. The Morgan fingerprint density at radius 1 is 1.00 bits per heavy atom. The van der Waals surface area contributed by atoms with Crippen LogP contribution in [-0.2, 0) is 14.3 Å². The molecule has 2 aromatic rings. The number of benzene rings is 2. The van der Waals surface area contributed by atoms with Gasteiger partial charge in [0.15, 0.2) is 0 Å². The minimum atomic E-state index is -0.565. The van der Waals surface area contributed by atoms with Gasteiger partial charge in [0, 0.05) is 12.1 Å². The highest BCUT2D eigenvalue weighted by molar-refractivity contribution is 6.23. The molecule has 148 valence electrons. The van der Waals surface area contributed by atoms with Crippen LogP contribution in [0.2, 0.25) is 0 Å². The molecule has 3 saturated heterocycles. The van der Waals surface area contributed by atoms with E-state index in [-0.39, 0.29) is 41.1 Å². The molecule has 0 aromatic heterocycles. The third kappa shape index (κ3) is 2.79. The Hall–Kier alpha value is -3.26. The predicted octanol–water partition coefficient (Wildman–Crippen LogP) is 3.36. The number of carbonyl (C=O) groups is 2. The number of amides is 2. The second-order valence-electron chi connectivity index (χ2n) is 7.71. The molecule has 2 bridgehead atoms. The minimum Gasteiger partial charge on any atom is -0.457 e. The van der Waals surface area contributed by atoms with Gasteiger partial charge in [-0.15, -0.1) is 0 Å². The van der Waals surface area contributed by atoms with Crippen molar-refractivity contribution in [2.24, 2.45) is 11.8 Å². The lowest BCUT2D eigenvalue weighted by Crippen LogP contribution is -2.34. The number of imide groups is 1. The van der Waals surface area contributed by atoms with Gasteiger partial charge in [-0.05, 0) is 31.9 Å². The van der Waals surface area contributed by atoms with Crippen LogP contribution >= 0.6 is 0 Å². The zero-order valence-corrected chi connectivity index (χ0v) is 15.6. The number of aryl methyl sites for hydroxylation is 1. The summed E-state index contributed by atoms with van der Waals surface area (Å²) in [5, 5.41) is 11.4. The fraction of sp³-hybridized carbons (Fsp3) is 0.333. The molecular formula is C21H18N2O6. The number of carbonyl (C=O) groups excluding carboxylic acids is 2. The van der Waals surface area contributed by atoms with E-state index >= 15 is 0 Å². The summed E-state index contributed by atoms with van der Waals surface area (Å²) in [4.78, 5) is 37.9. The molecule has 0 aliphatic carbocycles. The Morgan fingerprint density at radius 2 is 1.62 bits per heavy atom. The average molecular weight is 394 g/mol. The van der Waals surface area contributed by atoms with Crippen molar-refractivity contribution in [3.05, 3.63) is 58.1 Å². The van der Waals surface area contributed by atoms with E-state index in [0.717, 1.165) is 23.3 Å². The Bertz CT molecular complexity index is 1010. The quantitative estimate of drug-likeness (QED) is 0.448. The number of non-ortho nitro benzene ring substituents is 1. The third-order valence-corrected chi connectivity index (χ3v) is 5.89. The Kier molecular flexibility index (Phi) is 3.92. The van der Waals surface area contributed by atoms with Crippen molar-refractivity contribution >= 4 is 23.2 Å².